The van der Waals surface area contributed by atoms with Crippen LogP contribution in [0.15, 0.2) is 122 Å². The Labute approximate surface area is 424 Å². The summed E-state index contributed by atoms with van der Waals surface area (Å²) in [6.07, 6.45) is 77.5. The molecule has 0 aliphatic rings. The maximum absolute atomic E-state index is 12.9. The number of allylic oxidation sites excluding steroid dienone is 20. The minimum atomic E-state index is -0.802. The van der Waals surface area contributed by atoms with Crippen LogP contribution in [-0.4, -0.2) is 37.2 Å². The molecule has 0 spiro atoms. The van der Waals surface area contributed by atoms with Gasteiger partial charge in [-0.3, -0.25) is 14.4 Å². The summed E-state index contributed by atoms with van der Waals surface area (Å²) in [5, 5.41) is 0. The normalized spacial score (nSPS) is 13.0. The van der Waals surface area contributed by atoms with Crippen molar-refractivity contribution in [2.45, 2.75) is 245 Å². The van der Waals surface area contributed by atoms with E-state index in [1.165, 1.54) is 51.4 Å². The molecular formula is C63H102O6. The fourth-order valence-electron chi connectivity index (χ4n) is 7.34. The molecule has 1 atom stereocenters. The predicted octanol–water partition coefficient (Wildman–Crippen LogP) is 18.9. The Hall–Kier alpha value is -4.19. The number of hydrogen-bond donors (Lipinski definition) is 0. The highest BCUT2D eigenvalue weighted by molar-refractivity contribution is 5.71. The van der Waals surface area contributed by atoms with E-state index >= 15 is 0 Å². The Kier molecular flexibility index (Phi) is 53.0. The molecule has 0 aromatic heterocycles. The van der Waals surface area contributed by atoms with Gasteiger partial charge in [0.05, 0.1) is 0 Å². The van der Waals surface area contributed by atoms with Gasteiger partial charge in [-0.15, -0.1) is 0 Å². The number of ether oxygens (including phenoxy) is 3. The Bertz CT molecular complexity index is 1470. The summed E-state index contributed by atoms with van der Waals surface area (Å²) in [6, 6.07) is 0. The van der Waals surface area contributed by atoms with Crippen molar-refractivity contribution in [3.63, 3.8) is 0 Å². The molecule has 0 aliphatic carbocycles. The van der Waals surface area contributed by atoms with Crippen molar-refractivity contribution in [2.24, 2.45) is 0 Å². The topological polar surface area (TPSA) is 78.9 Å². The molecule has 0 aliphatic heterocycles. The molecule has 0 saturated carbocycles. The van der Waals surface area contributed by atoms with E-state index in [2.05, 4.69) is 142 Å². The Morgan fingerprint density at radius 1 is 0.290 bits per heavy atom. The zero-order valence-corrected chi connectivity index (χ0v) is 44.5. The molecule has 6 nitrogen and oxygen atoms in total. The second-order valence-corrected chi connectivity index (χ2v) is 18.0. The smallest absolute Gasteiger partial charge is 0.306 e. The minimum Gasteiger partial charge on any atom is -0.462 e. The van der Waals surface area contributed by atoms with Crippen LogP contribution in [0, 0.1) is 0 Å². The molecule has 0 fully saturated rings. The maximum Gasteiger partial charge on any atom is 0.306 e. The van der Waals surface area contributed by atoms with Gasteiger partial charge in [0.1, 0.15) is 13.2 Å². The fraction of sp³-hybridized carbons (Fsp3) is 0.635. The van der Waals surface area contributed by atoms with Crippen molar-refractivity contribution in [1.82, 2.24) is 0 Å². The first-order valence-corrected chi connectivity index (χ1v) is 28.0. The third-order valence-electron chi connectivity index (χ3n) is 11.4. The molecule has 390 valence electrons. The molecule has 6 heteroatoms. The molecule has 0 radical (unpaired) electrons. The van der Waals surface area contributed by atoms with Gasteiger partial charge in [-0.25, -0.2) is 0 Å². The average molecular weight is 956 g/mol. The zero-order chi connectivity index (χ0) is 50.0. The van der Waals surface area contributed by atoms with Gasteiger partial charge in [0, 0.05) is 19.3 Å². The van der Waals surface area contributed by atoms with E-state index in [0.29, 0.717) is 19.3 Å². The first kappa shape index (κ1) is 64.8. The van der Waals surface area contributed by atoms with Gasteiger partial charge >= 0.3 is 17.9 Å². The van der Waals surface area contributed by atoms with E-state index in [1.807, 2.05) is 0 Å². The lowest BCUT2D eigenvalue weighted by molar-refractivity contribution is -0.167. The Morgan fingerprint density at radius 3 is 0.812 bits per heavy atom. The van der Waals surface area contributed by atoms with Crippen molar-refractivity contribution in [3.8, 4) is 0 Å². The van der Waals surface area contributed by atoms with Gasteiger partial charge in [-0.2, -0.15) is 0 Å². The molecule has 0 heterocycles. The van der Waals surface area contributed by atoms with E-state index in [0.717, 1.165) is 148 Å². The fourth-order valence-corrected chi connectivity index (χ4v) is 7.34. The number of carbonyl (C=O) groups excluding carboxylic acids is 3. The van der Waals surface area contributed by atoms with Gasteiger partial charge in [0.2, 0.25) is 0 Å². The number of rotatable bonds is 49. The van der Waals surface area contributed by atoms with Gasteiger partial charge in [0.25, 0.3) is 0 Å². The second kappa shape index (κ2) is 56.4. The third kappa shape index (κ3) is 54.6. The second-order valence-electron chi connectivity index (χ2n) is 18.0. The summed E-state index contributed by atoms with van der Waals surface area (Å²) in [5.74, 6) is -0.944. The summed E-state index contributed by atoms with van der Waals surface area (Å²) in [7, 11) is 0. The van der Waals surface area contributed by atoms with Gasteiger partial charge in [0.15, 0.2) is 6.10 Å². The standard InChI is InChI=1S/C63H102O6/c1-4-7-10-13-16-19-22-25-28-31-34-37-40-43-46-49-52-55-61(64)67-58-60(69-63(66)57-54-51-48-45-42-39-36-33-30-27-24-21-18-15-12-9-6-3)59-68-62(65)56-53-50-47-44-41-38-35-32-29-26-23-20-17-14-11-8-5-2/h7-12,16-21,25-30,34,37,60H,4-6,13-15,22-24,31-33,35-36,38-59H2,1-3H3/b10-7-,11-8-,12-9-,19-16-,20-17-,21-18-,28-25-,29-26-,30-27-,37-34-. The van der Waals surface area contributed by atoms with Crippen LogP contribution in [0.4, 0.5) is 0 Å². The molecule has 0 N–H and O–H groups in total. The lowest BCUT2D eigenvalue weighted by Crippen LogP contribution is -2.30. The molecule has 0 aromatic carbocycles. The molecule has 0 amide bonds. The van der Waals surface area contributed by atoms with Crippen LogP contribution in [0.5, 0.6) is 0 Å². The van der Waals surface area contributed by atoms with E-state index < -0.39 is 6.10 Å². The maximum atomic E-state index is 12.9. The molecule has 0 saturated heterocycles. The van der Waals surface area contributed by atoms with Crippen molar-refractivity contribution < 1.29 is 28.6 Å². The highest BCUT2D eigenvalue weighted by Gasteiger charge is 2.19. The highest BCUT2D eigenvalue weighted by Crippen LogP contribution is 2.14. The van der Waals surface area contributed by atoms with Crippen LogP contribution in [0.25, 0.3) is 0 Å². The van der Waals surface area contributed by atoms with E-state index in [-0.39, 0.29) is 31.1 Å². The summed E-state index contributed by atoms with van der Waals surface area (Å²) in [6.45, 7) is 6.26. The number of hydrogen-bond acceptors (Lipinski definition) is 6. The Morgan fingerprint density at radius 2 is 0.522 bits per heavy atom. The van der Waals surface area contributed by atoms with Crippen LogP contribution in [0.3, 0.4) is 0 Å². The van der Waals surface area contributed by atoms with Crippen LogP contribution >= 0.6 is 0 Å². The monoisotopic (exact) mass is 955 g/mol. The quantitative estimate of drug-likeness (QED) is 0.0262. The molecule has 1 unspecified atom stereocenters. The van der Waals surface area contributed by atoms with Crippen LogP contribution < -0.4 is 0 Å². The lowest BCUT2D eigenvalue weighted by Gasteiger charge is -2.18. The summed E-state index contributed by atoms with van der Waals surface area (Å²) < 4.78 is 16.8. The highest BCUT2D eigenvalue weighted by atomic mass is 16.6. The van der Waals surface area contributed by atoms with Crippen molar-refractivity contribution in [2.75, 3.05) is 13.2 Å². The van der Waals surface area contributed by atoms with E-state index in [4.69, 9.17) is 14.2 Å². The predicted molar refractivity (Wildman–Crippen MR) is 297 cm³/mol. The van der Waals surface area contributed by atoms with Crippen LogP contribution in [0.1, 0.15) is 239 Å². The Balaban J connectivity index is 4.48. The largest absolute Gasteiger partial charge is 0.462 e. The first-order valence-electron chi connectivity index (χ1n) is 28.0. The zero-order valence-electron chi connectivity index (χ0n) is 44.5. The number of unbranched alkanes of at least 4 members (excludes halogenated alkanes) is 18. The molecule has 0 rings (SSSR count). The molecule has 0 bridgehead atoms. The summed E-state index contributed by atoms with van der Waals surface area (Å²) in [5.41, 5.74) is 0. The minimum absolute atomic E-state index is 0.0985. The van der Waals surface area contributed by atoms with Crippen molar-refractivity contribution >= 4 is 17.9 Å². The van der Waals surface area contributed by atoms with Gasteiger partial charge in [-0.1, -0.05) is 219 Å². The average Bonchev–Trinajstić information content (AvgIpc) is 3.35. The third-order valence-corrected chi connectivity index (χ3v) is 11.4. The number of carbonyl (C=O) groups is 3. The number of esters is 3. The first-order chi connectivity index (χ1) is 34.0. The van der Waals surface area contributed by atoms with Crippen molar-refractivity contribution in [3.05, 3.63) is 122 Å². The lowest BCUT2D eigenvalue weighted by atomic mass is 10.1. The molecule has 0 aromatic rings. The van der Waals surface area contributed by atoms with E-state index in [9.17, 15) is 14.4 Å². The van der Waals surface area contributed by atoms with Gasteiger partial charge in [-0.05, 0) is 122 Å². The SMILES string of the molecule is CC/C=C\C/C=C\C/C=C\C/C=C\CCCCCCC(=O)OCC(COC(=O)CCCCCCCCC/C=C\C/C=C\C/C=C\CC)OC(=O)CCCCCCCCC/C=C\C/C=C\C/C=C\CC. The van der Waals surface area contributed by atoms with E-state index in [1.54, 1.807) is 0 Å². The van der Waals surface area contributed by atoms with Crippen LogP contribution in [0.2, 0.25) is 0 Å². The summed E-state index contributed by atoms with van der Waals surface area (Å²) in [4.78, 5) is 38.2. The van der Waals surface area contributed by atoms with Crippen molar-refractivity contribution in [1.29, 1.82) is 0 Å². The molecule has 69 heavy (non-hydrogen) atoms. The van der Waals surface area contributed by atoms with Crippen LogP contribution in [-0.2, 0) is 28.6 Å². The summed E-state index contributed by atoms with van der Waals surface area (Å²) >= 11 is 0. The van der Waals surface area contributed by atoms with Gasteiger partial charge < -0.3 is 14.2 Å². The molecular weight excluding hydrogens is 853 g/mol.